The van der Waals surface area contributed by atoms with Crippen LogP contribution in [-0.2, 0) is 0 Å². The van der Waals surface area contributed by atoms with E-state index in [2.05, 4.69) is 38.3 Å². The van der Waals surface area contributed by atoms with Crippen LogP contribution in [-0.4, -0.2) is 37.1 Å². The summed E-state index contributed by atoms with van der Waals surface area (Å²) in [6, 6.07) is 10.2. The average Bonchev–Trinajstić information content (AvgIpc) is 2.75. The molecule has 0 spiro atoms. The summed E-state index contributed by atoms with van der Waals surface area (Å²) in [6.45, 7) is 4.30. The number of nitrogens with zero attached hydrogens (tertiary/aromatic N) is 3. The highest BCUT2D eigenvalue weighted by atomic mass is 16.1. The normalized spacial score (nSPS) is 17.6. The maximum absolute atomic E-state index is 12.8. The van der Waals surface area contributed by atoms with E-state index >= 15 is 0 Å². The fourth-order valence-electron chi connectivity index (χ4n) is 4.08. The Balaban J connectivity index is 1.62. The van der Waals surface area contributed by atoms with Crippen LogP contribution in [0, 0.1) is 0 Å². The third-order valence-corrected chi connectivity index (χ3v) is 5.57. The molecule has 0 radical (unpaired) electrons. The fraction of sp³-hybridized carbons (Fsp3) is 0.455. The second-order valence-corrected chi connectivity index (χ2v) is 7.49. The quantitative estimate of drug-likeness (QED) is 0.878. The standard InChI is InChI=1S/C22H28N4O/c27-22(18-8-7-11-23-17-18)24-20-16-19(25-12-3-1-4-13-25)9-10-21(20)26-14-5-2-6-15-26/h7-11,16-17H,1-6,12-15H2,(H,24,27). The number of amides is 1. The topological polar surface area (TPSA) is 48.5 Å². The second kappa shape index (κ2) is 8.42. The SMILES string of the molecule is O=C(Nc1cc(N2CCCCC2)ccc1N1CCCCC1)c1cccnc1. The molecule has 2 aliphatic rings. The molecule has 4 rings (SSSR count). The Labute approximate surface area is 161 Å². The lowest BCUT2D eigenvalue weighted by molar-refractivity contribution is 0.102. The lowest BCUT2D eigenvalue weighted by Gasteiger charge is -2.33. The lowest BCUT2D eigenvalue weighted by Crippen LogP contribution is -2.31. The van der Waals surface area contributed by atoms with Gasteiger partial charge >= 0.3 is 0 Å². The molecule has 0 bridgehead atoms. The molecule has 142 valence electrons. The minimum Gasteiger partial charge on any atom is -0.371 e. The van der Waals surface area contributed by atoms with E-state index in [1.165, 1.54) is 44.2 Å². The van der Waals surface area contributed by atoms with Crippen molar-refractivity contribution in [2.75, 3.05) is 41.3 Å². The van der Waals surface area contributed by atoms with Gasteiger partial charge in [0, 0.05) is 44.3 Å². The van der Waals surface area contributed by atoms with E-state index in [-0.39, 0.29) is 5.91 Å². The van der Waals surface area contributed by atoms with Crippen LogP contribution in [0.5, 0.6) is 0 Å². The van der Waals surface area contributed by atoms with Crippen LogP contribution in [0.1, 0.15) is 48.9 Å². The number of anilines is 3. The Hall–Kier alpha value is -2.56. The summed E-state index contributed by atoms with van der Waals surface area (Å²) in [5.41, 5.74) is 3.84. The third kappa shape index (κ3) is 4.24. The van der Waals surface area contributed by atoms with E-state index in [1.807, 2.05) is 0 Å². The first-order chi connectivity index (χ1) is 13.3. The van der Waals surface area contributed by atoms with Crippen molar-refractivity contribution in [2.24, 2.45) is 0 Å². The van der Waals surface area contributed by atoms with Gasteiger partial charge in [-0.3, -0.25) is 9.78 Å². The summed E-state index contributed by atoms with van der Waals surface area (Å²) < 4.78 is 0. The van der Waals surface area contributed by atoms with E-state index in [1.54, 1.807) is 24.5 Å². The van der Waals surface area contributed by atoms with E-state index in [4.69, 9.17) is 0 Å². The van der Waals surface area contributed by atoms with Crippen molar-refractivity contribution in [3.63, 3.8) is 0 Å². The predicted octanol–water partition coefficient (Wildman–Crippen LogP) is 4.31. The molecule has 0 atom stereocenters. The lowest BCUT2D eigenvalue weighted by atomic mass is 10.1. The van der Waals surface area contributed by atoms with Crippen molar-refractivity contribution < 1.29 is 4.79 Å². The summed E-state index contributed by atoms with van der Waals surface area (Å²) >= 11 is 0. The van der Waals surface area contributed by atoms with Crippen molar-refractivity contribution >= 4 is 23.0 Å². The molecule has 5 heteroatoms. The molecule has 2 aromatic rings. The van der Waals surface area contributed by atoms with Crippen LogP contribution >= 0.6 is 0 Å². The van der Waals surface area contributed by atoms with Crippen LogP contribution in [0.25, 0.3) is 0 Å². The maximum atomic E-state index is 12.8. The Kier molecular flexibility index (Phi) is 5.56. The highest BCUT2D eigenvalue weighted by molar-refractivity contribution is 6.06. The fourth-order valence-corrected chi connectivity index (χ4v) is 4.08. The van der Waals surface area contributed by atoms with Crippen LogP contribution in [0.2, 0.25) is 0 Å². The molecular weight excluding hydrogens is 336 g/mol. The molecular formula is C22H28N4O. The number of carbonyl (C=O) groups excluding carboxylic acids is 1. The Morgan fingerprint density at radius 1 is 0.889 bits per heavy atom. The number of aromatic nitrogens is 1. The molecule has 27 heavy (non-hydrogen) atoms. The number of hydrogen-bond acceptors (Lipinski definition) is 4. The molecule has 0 aliphatic carbocycles. The molecule has 1 aromatic carbocycles. The second-order valence-electron chi connectivity index (χ2n) is 7.49. The first-order valence-corrected chi connectivity index (χ1v) is 10.2. The summed E-state index contributed by atoms with van der Waals surface area (Å²) in [5.74, 6) is -0.0999. The zero-order chi connectivity index (χ0) is 18.5. The first-order valence-electron chi connectivity index (χ1n) is 10.2. The number of piperidine rings is 2. The zero-order valence-corrected chi connectivity index (χ0v) is 15.9. The zero-order valence-electron chi connectivity index (χ0n) is 15.9. The predicted molar refractivity (Wildman–Crippen MR) is 111 cm³/mol. The van der Waals surface area contributed by atoms with Gasteiger partial charge in [0.15, 0.2) is 0 Å². The van der Waals surface area contributed by atoms with E-state index in [0.29, 0.717) is 5.56 Å². The number of pyridine rings is 1. The van der Waals surface area contributed by atoms with E-state index < -0.39 is 0 Å². The Morgan fingerprint density at radius 2 is 1.59 bits per heavy atom. The van der Waals surface area contributed by atoms with Crippen molar-refractivity contribution in [3.05, 3.63) is 48.3 Å². The van der Waals surface area contributed by atoms with Crippen molar-refractivity contribution in [3.8, 4) is 0 Å². The monoisotopic (exact) mass is 364 g/mol. The van der Waals surface area contributed by atoms with Gasteiger partial charge in [-0.15, -0.1) is 0 Å². The number of rotatable bonds is 4. The van der Waals surface area contributed by atoms with Gasteiger partial charge in [-0.1, -0.05) is 0 Å². The molecule has 2 saturated heterocycles. The molecule has 2 aliphatic heterocycles. The van der Waals surface area contributed by atoms with E-state index in [0.717, 1.165) is 37.6 Å². The van der Waals surface area contributed by atoms with Gasteiger partial charge in [-0.2, -0.15) is 0 Å². The summed E-state index contributed by atoms with van der Waals surface area (Å²) in [4.78, 5) is 21.7. The van der Waals surface area contributed by atoms with Crippen LogP contribution in [0.3, 0.4) is 0 Å². The number of nitrogens with one attached hydrogen (secondary N) is 1. The van der Waals surface area contributed by atoms with Gasteiger partial charge in [0.05, 0.1) is 16.9 Å². The number of carbonyl (C=O) groups is 1. The number of hydrogen-bond donors (Lipinski definition) is 1. The van der Waals surface area contributed by atoms with Crippen molar-refractivity contribution in [1.29, 1.82) is 0 Å². The molecule has 1 N–H and O–H groups in total. The van der Waals surface area contributed by atoms with Gasteiger partial charge in [-0.05, 0) is 68.9 Å². The minimum absolute atomic E-state index is 0.0999. The molecule has 0 unspecified atom stereocenters. The molecule has 0 saturated carbocycles. The molecule has 1 aromatic heterocycles. The van der Waals surface area contributed by atoms with Gasteiger partial charge in [0.25, 0.3) is 5.91 Å². The van der Waals surface area contributed by atoms with Gasteiger partial charge in [0.2, 0.25) is 0 Å². The molecule has 3 heterocycles. The molecule has 5 nitrogen and oxygen atoms in total. The van der Waals surface area contributed by atoms with Crippen molar-refractivity contribution in [2.45, 2.75) is 38.5 Å². The maximum Gasteiger partial charge on any atom is 0.257 e. The summed E-state index contributed by atoms with van der Waals surface area (Å²) in [7, 11) is 0. The Morgan fingerprint density at radius 3 is 2.26 bits per heavy atom. The first kappa shape index (κ1) is 17.8. The summed E-state index contributed by atoms with van der Waals surface area (Å²) in [5, 5.41) is 3.16. The van der Waals surface area contributed by atoms with Gasteiger partial charge in [0.1, 0.15) is 0 Å². The van der Waals surface area contributed by atoms with Crippen LogP contribution < -0.4 is 15.1 Å². The number of benzene rings is 1. The van der Waals surface area contributed by atoms with Crippen LogP contribution in [0.4, 0.5) is 17.1 Å². The minimum atomic E-state index is -0.0999. The highest BCUT2D eigenvalue weighted by Crippen LogP contribution is 2.33. The Bertz CT molecular complexity index is 765. The van der Waals surface area contributed by atoms with E-state index in [9.17, 15) is 4.79 Å². The average molecular weight is 364 g/mol. The molecule has 1 amide bonds. The largest absolute Gasteiger partial charge is 0.371 e. The van der Waals surface area contributed by atoms with Gasteiger partial charge < -0.3 is 15.1 Å². The smallest absolute Gasteiger partial charge is 0.257 e. The highest BCUT2D eigenvalue weighted by Gasteiger charge is 2.19. The van der Waals surface area contributed by atoms with Crippen molar-refractivity contribution in [1.82, 2.24) is 4.98 Å². The van der Waals surface area contributed by atoms with Crippen LogP contribution in [0.15, 0.2) is 42.7 Å². The summed E-state index contributed by atoms with van der Waals surface area (Å²) in [6.07, 6.45) is 10.8. The molecule has 2 fully saturated rings. The third-order valence-electron chi connectivity index (χ3n) is 5.57. The van der Waals surface area contributed by atoms with Gasteiger partial charge in [-0.25, -0.2) is 0 Å².